The molecule has 1 atom stereocenters. The fourth-order valence-corrected chi connectivity index (χ4v) is 3.49. The lowest BCUT2D eigenvalue weighted by atomic mass is 10.1. The summed E-state index contributed by atoms with van der Waals surface area (Å²) in [5.74, 6) is -0.319. The van der Waals surface area contributed by atoms with Gasteiger partial charge in [0.05, 0.1) is 10.9 Å². The first-order chi connectivity index (χ1) is 11.8. The Morgan fingerprint density at radius 3 is 2.27 bits per heavy atom. The van der Waals surface area contributed by atoms with Crippen LogP contribution in [0.1, 0.15) is 11.1 Å². The van der Waals surface area contributed by atoms with Gasteiger partial charge in [-0.25, -0.2) is 12.7 Å². The summed E-state index contributed by atoms with van der Waals surface area (Å²) in [6.45, 7) is 0.102. The van der Waals surface area contributed by atoms with Crippen LogP contribution in [-0.4, -0.2) is 38.8 Å². The highest BCUT2D eigenvalue weighted by molar-refractivity contribution is 7.89. The second kappa shape index (κ2) is 9.68. The van der Waals surface area contributed by atoms with E-state index < -0.39 is 16.1 Å². The van der Waals surface area contributed by atoms with E-state index in [1.807, 2.05) is 30.3 Å². The number of halogens is 1. The number of rotatable bonds is 7. The molecule has 0 spiro atoms. The van der Waals surface area contributed by atoms with Crippen molar-refractivity contribution < 1.29 is 13.2 Å². The number of sulfonamides is 1. The van der Waals surface area contributed by atoms with E-state index in [9.17, 15) is 13.2 Å². The summed E-state index contributed by atoms with van der Waals surface area (Å²) in [6, 6.07) is 15.4. The Hall–Kier alpha value is -1.93. The van der Waals surface area contributed by atoms with E-state index in [0.29, 0.717) is 12.0 Å². The van der Waals surface area contributed by atoms with Gasteiger partial charge in [0.1, 0.15) is 0 Å². The van der Waals surface area contributed by atoms with Crippen molar-refractivity contribution in [2.45, 2.75) is 23.9 Å². The molecular weight excluding hydrogens is 374 g/mol. The van der Waals surface area contributed by atoms with E-state index >= 15 is 0 Å². The van der Waals surface area contributed by atoms with Gasteiger partial charge in [0.15, 0.2) is 0 Å². The summed E-state index contributed by atoms with van der Waals surface area (Å²) < 4.78 is 25.9. The van der Waals surface area contributed by atoms with Crippen LogP contribution in [0.15, 0.2) is 59.5 Å². The molecule has 0 saturated heterocycles. The summed E-state index contributed by atoms with van der Waals surface area (Å²) in [6.07, 6.45) is 0.421. The highest BCUT2D eigenvalue weighted by Crippen LogP contribution is 2.18. The molecule has 0 aliphatic rings. The van der Waals surface area contributed by atoms with Crippen LogP contribution in [0.4, 0.5) is 0 Å². The fourth-order valence-electron chi connectivity index (χ4n) is 2.37. The minimum Gasteiger partial charge on any atom is -0.351 e. The lowest BCUT2D eigenvalue weighted by molar-refractivity contribution is -0.122. The molecule has 6 nitrogen and oxygen atoms in total. The largest absolute Gasteiger partial charge is 0.351 e. The highest BCUT2D eigenvalue weighted by atomic mass is 35.5. The number of nitrogens with zero attached hydrogens (tertiary/aromatic N) is 1. The molecule has 0 heterocycles. The molecule has 0 aromatic heterocycles. The van der Waals surface area contributed by atoms with Gasteiger partial charge in [0.25, 0.3) is 0 Å². The Balaban J connectivity index is 0.00000338. The van der Waals surface area contributed by atoms with Crippen molar-refractivity contribution in [1.82, 2.24) is 9.62 Å². The molecule has 2 aromatic carbocycles. The molecule has 8 heteroatoms. The van der Waals surface area contributed by atoms with Gasteiger partial charge in [-0.3, -0.25) is 4.79 Å². The molecular formula is C18H24ClN3O3S. The van der Waals surface area contributed by atoms with Gasteiger partial charge >= 0.3 is 0 Å². The van der Waals surface area contributed by atoms with Crippen LogP contribution in [0.2, 0.25) is 0 Å². The Bertz CT molecular complexity index is 827. The van der Waals surface area contributed by atoms with Gasteiger partial charge in [-0.1, -0.05) is 48.5 Å². The summed E-state index contributed by atoms with van der Waals surface area (Å²) in [7, 11) is -0.628. The maximum Gasteiger partial charge on any atom is 0.242 e. The summed E-state index contributed by atoms with van der Waals surface area (Å²) in [5.41, 5.74) is 7.44. The maximum atomic E-state index is 12.4. The van der Waals surface area contributed by atoms with E-state index in [4.69, 9.17) is 5.73 Å². The Morgan fingerprint density at radius 2 is 1.65 bits per heavy atom. The molecule has 1 unspecified atom stereocenters. The van der Waals surface area contributed by atoms with Crippen LogP contribution in [0.25, 0.3) is 0 Å². The van der Waals surface area contributed by atoms with Gasteiger partial charge < -0.3 is 11.1 Å². The summed E-state index contributed by atoms with van der Waals surface area (Å²) >= 11 is 0. The number of nitrogens with two attached hydrogens (primary N) is 1. The van der Waals surface area contributed by atoms with Crippen LogP contribution < -0.4 is 11.1 Å². The number of hydrogen-bond acceptors (Lipinski definition) is 4. The van der Waals surface area contributed by atoms with Crippen LogP contribution >= 0.6 is 12.4 Å². The molecule has 26 heavy (non-hydrogen) atoms. The lowest BCUT2D eigenvalue weighted by Gasteiger charge is -2.16. The zero-order valence-corrected chi connectivity index (χ0v) is 16.4. The van der Waals surface area contributed by atoms with Crippen LogP contribution in [0.3, 0.4) is 0 Å². The molecule has 142 valence electrons. The van der Waals surface area contributed by atoms with Gasteiger partial charge in [-0.15, -0.1) is 12.4 Å². The van der Waals surface area contributed by atoms with Crippen molar-refractivity contribution in [3.05, 3.63) is 65.7 Å². The molecule has 0 fully saturated rings. The second-order valence-corrected chi connectivity index (χ2v) is 8.03. The number of nitrogens with one attached hydrogen (secondary N) is 1. The van der Waals surface area contributed by atoms with Crippen LogP contribution in [-0.2, 0) is 27.8 Å². The Kier molecular flexibility index (Phi) is 8.23. The van der Waals surface area contributed by atoms with Crippen molar-refractivity contribution in [3.8, 4) is 0 Å². The molecule has 1 amide bonds. The number of carbonyl (C=O) groups is 1. The summed E-state index contributed by atoms with van der Waals surface area (Å²) in [4.78, 5) is 12.4. The van der Waals surface area contributed by atoms with E-state index in [-0.39, 0.29) is 29.8 Å². The smallest absolute Gasteiger partial charge is 0.242 e. The molecule has 0 aliphatic carbocycles. The zero-order chi connectivity index (χ0) is 18.4. The minimum atomic E-state index is -3.57. The van der Waals surface area contributed by atoms with Gasteiger partial charge in [0, 0.05) is 20.6 Å². The molecule has 0 radical (unpaired) electrons. The normalized spacial score (nSPS) is 12.3. The number of carbonyl (C=O) groups excluding carboxylic acids is 1. The van der Waals surface area contributed by atoms with E-state index in [1.54, 1.807) is 18.2 Å². The van der Waals surface area contributed by atoms with Gasteiger partial charge in [0.2, 0.25) is 15.9 Å². The monoisotopic (exact) mass is 397 g/mol. The van der Waals surface area contributed by atoms with Crippen molar-refractivity contribution in [2.24, 2.45) is 5.73 Å². The number of amides is 1. The van der Waals surface area contributed by atoms with Crippen molar-refractivity contribution in [1.29, 1.82) is 0 Å². The minimum absolute atomic E-state index is 0. The number of benzene rings is 2. The molecule has 0 aliphatic heterocycles. The predicted molar refractivity (Wildman–Crippen MR) is 105 cm³/mol. The SMILES string of the molecule is CN(C)S(=O)(=O)c1ccccc1CNC(=O)C(N)Cc1ccccc1.Cl. The summed E-state index contributed by atoms with van der Waals surface area (Å²) in [5, 5.41) is 2.72. The third-order valence-electron chi connectivity index (χ3n) is 3.82. The Labute approximate surface area is 160 Å². The third-order valence-corrected chi connectivity index (χ3v) is 5.74. The third kappa shape index (κ3) is 5.54. The van der Waals surface area contributed by atoms with E-state index in [0.717, 1.165) is 9.87 Å². The number of hydrogen-bond donors (Lipinski definition) is 2. The second-order valence-electron chi connectivity index (χ2n) is 5.91. The average molecular weight is 398 g/mol. The van der Waals surface area contributed by atoms with Crippen molar-refractivity contribution in [2.75, 3.05) is 14.1 Å². The standard InChI is InChI=1S/C18H23N3O3S.ClH/c1-21(2)25(23,24)17-11-7-6-10-15(17)13-20-18(22)16(19)12-14-8-4-3-5-9-14;/h3-11,16H,12-13,19H2,1-2H3,(H,20,22);1H. The van der Waals surface area contributed by atoms with Crippen molar-refractivity contribution in [3.63, 3.8) is 0 Å². The quantitative estimate of drug-likeness (QED) is 0.741. The fraction of sp³-hybridized carbons (Fsp3) is 0.278. The molecule has 0 saturated carbocycles. The van der Waals surface area contributed by atoms with Gasteiger partial charge in [-0.05, 0) is 23.6 Å². The first-order valence-electron chi connectivity index (χ1n) is 7.90. The topological polar surface area (TPSA) is 92.5 Å². The van der Waals surface area contributed by atoms with Crippen LogP contribution in [0, 0.1) is 0 Å². The predicted octanol–water partition coefficient (Wildman–Crippen LogP) is 1.54. The Morgan fingerprint density at radius 1 is 1.08 bits per heavy atom. The maximum absolute atomic E-state index is 12.4. The van der Waals surface area contributed by atoms with Gasteiger partial charge in [-0.2, -0.15) is 0 Å². The van der Waals surface area contributed by atoms with E-state index in [1.165, 1.54) is 20.2 Å². The molecule has 2 aromatic rings. The van der Waals surface area contributed by atoms with Crippen LogP contribution in [0.5, 0.6) is 0 Å². The first kappa shape index (κ1) is 22.1. The van der Waals surface area contributed by atoms with E-state index in [2.05, 4.69) is 5.32 Å². The lowest BCUT2D eigenvalue weighted by Crippen LogP contribution is -2.41. The molecule has 2 rings (SSSR count). The average Bonchev–Trinajstić information content (AvgIpc) is 2.60. The first-order valence-corrected chi connectivity index (χ1v) is 9.34. The zero-order valence-electron chi connectivity index (χ0n) is 14.8. The molecule has 3 N–H and O–H groups in total. The molecule has 0 bridgehead atoms. The highest BCUT2D eigenvalue weighted by Gasteiger charge is 2.21. The van der Waals surface area contributed by atoms with Crippen molar-refractivity contribution >= 4 is 28.3 Å².